The zero-order valence-corrected chi connectivity index (χ0v) is 16.0. The average molecular weight is 386 g/mol. The summed E-state index contributed by atoms with van der Waals surface area (Å²) in [7, 11) is 0. The smallest absolute Gasteiger partial charge is 0.322 e. The highest BCUT2D eigenvalue weighted by Crippen LogP contribution is 2.18. The molecular weight excluding hydrogens is 364 g/mol. The van der Waals surface area contributed by atoms with Gasteiger partial charge in [0.2, 0.25) is 0 Å². The maximum absolute atomic E-state index is 12.5. The molecule has 2 aromatic rings. The zero-order chi connectivity index (χ0) is 21.1. The summed E-state index contributed by atoms with van der Waals surface area (Å²) in [5.41, 5.74) is -0.0506. The van der Waals surface area contributed by atoms with Crippen LogP contribution in [0.5, 0.6) is 0 Å². The minimum atomic E-state index is -1.15. The molecule has 0 saturated carbocycles. The van der Waals surface area contributed by atoms with Crippen molar-refractivity contribution in [1.29, 1.82) is 0 Å². The van der Waals surface area contributed by atoms with Crippen LogP contribution in [0.3, 0.4) is 0 Å². The molecule has 28 heavy (non-hydrogen) atoms. The molecule has 4 N–H and O–H groups in total. The van der Waals surface area contributed by atoms with Crippen LogP contribution in [-0.4, -0.2) is 39.4 Å². The largest absolute Gasteiger partial charge is 0.480 e. The van der Waals surface area contributed by atoms with Gasteiger partial charge in [-0.15, -0.1) is 0 Å². The summed E-state index contributed by atoms with van der Waals surface area (Å²) >= 11 is 0. The molecule has 9 heteroatoms. The lowest BCUT2D eigenvalue weighted by molar-refractivity contribution is -0.135. The Morgan fingerprint density at radius 3 is 2.21 bits per heavy atom. The molecule has 1 heterocycles. The third-order valence-corrected chi connectivity index (χ3v) is 3.84. The fourth-order valence-corrected chi connectivity index (χ4v) is 2.37. The van der Waals surface area contributed by atoms with E-state index in [1.54, 1.807) is 6.92 Å². The number of anilines is 1. The fraction of sp³-hybridized carbons (Fsp3) is 0.316. The maximum atomic E-state index is 12.5. The topological polar surface area (TPSA) is 141 Å². The van der Waals surface area contributed by atoms with E-state index in [1.165, 1.54) is 24.3 Å². The Balaban J connectivity index is 2.16. The molecule has 1 aromatic carbocycles. The second-order valence-corrected chi connectivity index (χ2v) is 7.23. The number of carbonyl (C=O) groups is 3. The number of carbonyl (C=O) groups excluding carboxylic acids is 2. The first-order valence-corrected chi connectivity index (χ1v) is 8.52. The van der Waals surface area contributed by atoms with Crippen LogP contribution in [0.15, 0.2) is 29.1 Å². The number of aromatic nitrogens is 2. The average Bonchev–Trinajstić information content (AvgIpc) is 2.58. The summed E-state index contributed by atoms with van der Waals surface area (Å²) in [6.45, 7) is 6.81. The highest BCUT2D eigenvalue weighted by atomic mass is 16.4. The number of carboxylic acid groups (broad SMARTS) is 1. The van der Waals surface area contributed by atoms with E-state index in [0.717, 1.165) is 0 Å². The predicted octanol–water partition coefficient (Wildman–Crippen LogP) is 1.44. The number of carboxylic acids is 1. The van der Waals surface area contributed by atoms with Gasteiger partial charge in [-0.05, 0) is 31.2 Å². The normalized spacial score (nSPS) is 11.0. The van der Waals surface area contributed by atoms with Crippen molar-refractivity contribution in [2.75, 3.05) is 11.9 Å². The van der Waals surface area contributed by atoms with Crippen LogP contribution in [0.4, 0.5) is 5.69 Å². The van der Waals surface area contributed by atoms with Crippen molar-refractivity contribution < 1.29 is 19.5 Å². The third-order valence-electron chi connectivity index (χ3n) is 3.84. The lowest BCUT2D eigenvalue weighted by Gasteiger charge is -2.18. The molecule has 2 rings (SSSR count). The van der Waals surface area contributed by atoms with Gasteiger partial charge in [0.25, 0.3) is 17.4 Å². The lowest BCUT2D eigenvalue weighted by atomic mass is 9.95. The van der Waals surface area contributed by atoms with Gasteiger partial charge >= 0.3 is 5.97 Å². The van der Waals surface area contributed by atoms with E-state index in [2.05, 4.69) is 20.6 Å². The van der Waals surface area contributed by atoms with Crippen LogP contribution in [0.1, 0.15) is 53.0 Å². The maximum Gasteiger partial charge on any atom is 0.322 e. The number of aromatic amines is 1. The van der Waals surface area contributed by atoms with Gasteiger partial charge in [-0.2, -0.15) is 0 Å². The number of hydrogen-bond acceptors (Lipinski definition) is 5. The van der Waals surface area contributed by atoms with E-state index in [0.29, 0.717) is 17.2 Å². The number of nitrogens with zero attached hydrogens (tertiary/aromatic N) is 1. The zero-order valence-electron chi connectivity index (χ0n) is 16.0. The highest BCUT2D eigenvalue weighted by molar-refractivity contribution is 6.05. The first-order chi connectivity index (χ1) is 13.0. The quantitative estimate of drug-likeness (QED) is 0.613. The van der Waals surface area contributed by atoms with Gasteiger partial charge in [-0.25, -0.2) is 4.98 Å². The molecule has 2 amide bonds. The molecule has 0 spiro atoms. The van der Waals surface area contributed by atoms with Crippen molar-refractivity contribution in [1.82, 2.24) is 15.3 Å². The molecule has 0 fully saturated rings. The highest BCUT2D eigenvalue weighted by Gasteiger charge is 2.22. The molecule has 1 aromatic heterocycles. The number of benzene rings is 1. The van der Waals surface area contributed by atoms with Gasteiger partial charge in [-0.3, -0.25) is 19.2 Å². The van der Waals surface area contributed by atoms with Crippen LogP contribution in [0.25, 0.3) is 0 Å². The number of amides is 2. The molecule has 9 nitrogen and oxygen atoms in total. The Kier molecular flexibility index (Phi) is 5.97. The number of nitrogens with one attached hydrogen (secondary N) is 3. The predicted molar refractivity (Wildman–Crippen MR) is 103 cm³/mol. The number of aliphatic carboxylic acids is 1. The Labute approximate surface area is 161 Å². The second kappa shape index (κ2) is 8.03. The molecule has 0 aliphatic heterocycles. The van der Waals surface area contributed by atoms with E-state index in [1.807, 2.05) is 20.8 Å². The van der Waals surface area contributed by atoms with Crippen LogP contribution < -0.4 is 16.2 Å². The van der Waals surface area contributed by atoms with Gasteiger partial charge in [-0.1, -0.05) is 20.8 Å². The van der Waals surface area contributed by atoms with E-state index in [4.69, 9.17) is 5.11 Å². The van der Waals surface area contributed by atoms with Crippen LogP contribution in [0, 0.1) is 6.92 Å². The van der Waals surface area contributed by atoms with E-state index >= 15 is 0 Å². The monoisotopic (exact) mass is 386 g/mol. The van der Waals surface area contributed by atoms with Crippen molar-refractivity contribution in [2.24, 2.45) is 0 Å². The Bertz CT molecular complexity index is 971. The van der Waals surface area contributed by atoms with Crippen LogP contribution >= 0.6 is 0 Å². The van der Waals surface area contributed by atoms with Gasteiger partial charge < -0.3 is 20.7 Å². The summed E-state index contributed by atoms with van der Waals surface area (Å²) in [5.74, 6) is -1.82. The summed E-state index contributed by atoms with van der Waals surface area (Å²) in [4.78, 5) is 54.1. The van der Waals surface area contributed by atoms with Crippen LogP contribution in [-0.2, 0) is 10.2 Å². The van der Waals surface area contributed by atoms with Gasteiger partial charge in [0, 0.05) is 16.7 Å². The van der Waals surface area contributed by atoms with Crippen LogP contribution in [0.2, 0.25) is 0 Å². The van der Waals surface area contributed by atoms with E-state index in [-0.39, 0.29) is 16.5 Å². The first-order valence-electron chi connectivity index (χ1n) is 8.52. The SMILES string of the molecule is Cc1nc(C(C)(C)C)[nH]c(=O)c1C(=O)Nc1ccc(C(=O)NCC(=O)O)cc1. The summed E-state index contributed by atoms with van der Waals surface area (Å²) in [6, 6.07) is 5.83. The molecule has 0 atom stereocenters. The molecule has 0 unspecified atom stereocenters. The standard InChI is InChI=1S/C19H22N4O5/c1-10-14(17(28)23-18(21-10)19(2,3)4)16(27)22-12-7-5-11(6-8-12)15(26)20-9-13(24)25/h5-8H,9H2,1-4H3,(H,20,26)(H,22,27)(H,24,25)(H,21,23,28). The number of aryl methyl sites for hydroxylation is 1. The van der Waals surface area contributed by atoms with Gasteiger partial charge in [0.05, 0.1) is 5.69 Å². The van der Waals surface area contributed by atoms with Gasteiger partial charge in [0.1, 0.15) is 17.9 Å². The summed E-state index contributed by atoms with van der Waals surface area (Å²) < 4.78 is 0. The lowest BCUT2D eigenvalue weighted by Crippen LogP contribution is -2.30. The van der Waals surface area contributed by atoms with Crippen molar-refractivity contribution in [2.45, 2.75) is 33.1 Å². The van der Waals surface area contributed by atoms with E-state index < -0.39 is 29.9 Å². The molecule has 0 radical (unpaired) electrons. The molecule has 0 bridgehead atoms. The molecule has 0 aliphatic rings. The summed E-state index contributed by atoms with van der Waals surface area (Å²) in [5, 5.41) is 13.4. The number of H-pyrrole nitrogens is 1. The molecule has 0 aliphatic carbocycles. The Morgan fingerprint density at radius 1 is 1.11 bits per heavy atom. The third kappa shape index (κ3) is 5.03. The van der Waals surface area contributed by atoms with Crippen molar-refractivity contribution in [3.8, 4) is 0 Å². The van der Waals surface area contributed by atoms with Crippen molar-refractivity contribution >= 4 is 23.5 Å². The molecular formula is C19H22N4O5. The van der Waals surface area contributed by atoms with Crippen molar-refractivity contribution in [3.05, 3.63) is 57.3 Å². The molecule has 148 valence electrons. The first kappa shape index (κ1) is 20.8. The number of rotatable bonds is 5. The van der Waals surface area contributed by atoms with Gasteiger partial charge in [0.15, 0.2) is 0 Å². The summed E-state index contributed by atoms with van der Waals surface area (Å²) in [6.07, 6.45) is 0. The Hall–Kier alpha value is -3.49. The minimum absolute atomic E-state index is 0.0868. The van der Waals surface area contributed by atoms with Crippen molar-refractivity contribution in [3.63, 3.8) is 0 Å². The number of hydrogen-bond donors (Lipinski definition) is 4. The Morgan fingerprint density at radius 2 is 1.71 bits per heavy atom. The molecule has 0 saturated heterocycles. The minimum Gasteiger partial charge on any atom is -0.480 e. The second-order valence-electron chi connectivity index (χ2n) is 7.23. The van der Waals surface area contributed by atoms with E-state index in [9.17, 15) is 19.2 Å². The fourth-order valence-electron chi connectivity index (χ4n) is 2.37.